The number of halogens is 3. The third-order valence-electron chi connectivity index (χ3n) is 4.96. The second-order valence-electron chi connectivity index (χ2n) is 6.73. The highest BCUT2D eigenvalue weighted by Crippen LogP contribution is 2.32. The van der Waals surface area contributed by atoms with Crippen molar-refractivity contribution in [2.24, 2.45) is 0 Å². The molecular weight excluding hydrogens is 331 g/mol. The summed E-state index contributed by atoms with van der Waals surface area (Å²) in [5.74, 6) is 0. The summed E-state index contributed by atoms with van der Waals surface area (Å²) in [5, 5.41) is 0. The van der Waals surface area contributed by atoms with Gasteiger partial charge in [-0.1, -0.05) is 18.9 Å². The molecule has 2 heterocycles. The minimum absolute atomic E-state index is 0.200. The van der Waals surface area contributed by atoms with Crippen LogP contribution >= 0.6 is 0 Å². The van der Waals surface area contributed by atoms with Crippen LogP contribution in [0.2, 0.25) is 0 Å². The molecule has 0 saturated carbocycles. The molecule has 25 heavy (non-hydrogen) atoms. The Morgan fingerprint density at radius 1 is 0.920 bits per heavy atom. The average molecular weight is 355 g/mol. The highest BCUT2D eigenvalue weighted by Gasteiger charge is 2.33. The lowest BCUT2D eigenvalue weighted by molar-refractivity contribution is -0.137. The average Bonchev–Trinajstić information content (AvgIpc) is 2.78. The summed E-state index contributed by atoms with van der Waals surface area (Å²) in [4.78, 5) is 18.1. The number of amides is 2. The van der Waals surface area contributed by atoms with Gasteiger partial charge >= 0.3 is 12.2 Å². The zero-order valence-corrected chi connectivity index (χ0v) is 14.3. The number of benzene rings is 1. The van der Waals surface area contributed by atoms with Crippen molar-refractivity contribution in [2.45, 2.75) is 31.9 Å². The maximum absolute atomic E-state index is 12.9. The quantitative estimate of drug-likeness (QED) is 0.821. The summed E-state index contributed by atoms with van der Waals surface area (Å²) in [6.07, 6.45) is 0.533. The molecule has 4 nitrogen and oxygen atoms in total. The number of alkyl halides is 3. The van der Waals surface area contributed by atoms with Crippen LogP contribution in [0.1, 0.15) is 31.2 Å². The Kier molecular flexibility index (Phi) is 5.51. The maximum Gasteiger partial charge on any atom is 0.416 e. The Hall–Kier alpha value is -1.76. The second kappa shape index (κ2) is 7.64. The summed E-state index contributed by atoms with van der Waals surface area (Å²) < 4.78 is 38.6. The Bertz CT molecular complexity index is 597. The molecule has 138 valence electrons. The zero-order valence-electron chi connectivity index (χ0n) is 14.3. The molecule has 0 spiro atoms. The Balaban J connectivity index is 1.60. The monoisotopic (exact) mass is 355 g/mol. The molecule has 3 rings (SSSR count). The van der Waals surface area contributed by atoms with Gasteiger partial charge in [0.1, 0.15) is 0 Å². The molecule has 0 radical (unpaired) electrons. The molecule has 2 aliphatic heterocycles. The molecule has 2 saturated heterocycles. The molecule has 0 aliphatic carbocycles. The number of likely N-dealkylation sites (tertiary alicyclic amines) is 1. The van der Waals surface area contributed by atoms with Crippen molar-refractivity contribution in [3.8, 4) is 0 Å². The molecule has 0 unspecified atom stereocenters. The van der Waals surface area contributed by atoms with Crippen LogP contribution in [0.4, 0.5) is 23.7 Å². The van der Waals surface area contributed by atoms with Gasteiger partial charge in [-0.15, -0.1) is 0 Å². The Labute approximate surface area is 146 Å². The van der Waals surface area contributed by atoms with Crippen molar-refractivity contribution in [1.29, 1.82) is 0 Å². The molecule has 0 N–H and O–H groups in total. The Morgan fingerprint density at radius 3 is 2.32 bits per heavy atom. The van der Waals surface area contributed by atoms with Gasteiger partial charge in [-0.2, -0.15) is 13.2 Å². The molecule has 7 heteroatoms. The second-order valence-corrected chi connectivity index (χ2v) is 6.73. The van der Waals surface area contributed by atoms with E-state index in [0.717, 1.165) is 31.8 Å². The first-order chi connectivity index (χ1) is 11.9. The van der Waals surface area contributed by atoms with Crippen LogP contribution in [0, 0.1) is 0 Å². The van der Waals surface area contributed by atoms with Crippen LogP contribution in [0.3, 0.4) is 0 Å². The minimum atomic E-state index is -4.40. The van der Waals surface area contributed by atoms with E-state index in [2.05, 4.69) is 4.90 Å². The van der Waals surface area contributed by atoms with Crippen LogP contribution in [0.15, 0.2) is 24.3 Å². The van der Waals surface area contributed by atoms with Crippen molar-refractivity contribution in [2.75, 3.05) is 44.2 Å². The van der Waals surface area contributed by atoms with Gasteiger partial charge in [0.25, 0.3) is 0 Å². The van der Waals surface area contributed by atoms with Gasteiger partial charge in [0.2, 0.25) is 0 Å². The van der Waals surface area contributed by atoms with E-state index in [0.29, 0.717) is 25.3 Å². The van der Waals surface area contributed by atoms with Gasteiger partial charge in [-0.3, -0.25) is 4.90 Å². The number of rotatable bonds is 4. The lowest BCUT2D eigenvalue weighted by Gasteiger charge is -2.24. The predicted molar refractivity (Wildman–Crippen MR) is 90.7 cm³/mol. The molecule has 1 aromatic rings. The molecule has 2 aliphatic rings. The minimum Gasteiger partial charge on any atom is -0.321 e. The van der Waals surface area contributed by atoms with E-state index in [1.54, 1.807) is 11.0 Å². The lowest BCUT2D eigenvalue weighted by atomic mass is 10.2. The van der Waals surface area contributed by atoms with Gasteiger partial charge in [0, 0.05) is 31.9 Å². The number of hydrogen-bond acceptors (Lipinski definition) is 2. The SMILES string of the molecule is O=C1N(CCN2CCCCCC2)CCN1c1cccc(C(F)(F)F)c1. The van der Waals surface area contributed by atoms with E-state index in [1.807, 2.05) is 0 Å². The fraction of sp³-hybridized carbons (Fsp3) is 0.611. The fourth-order valence-corrected chi connectivity index (χ4v) is 3.50. The van der Waals surface area contributed by atoms with Crippen molar-refractivity contribution >= 4 is 11.7 Å². The van der Waals surface area contributed by atoms with Crippen molar-refractivity contribution in [1.82, 2.24) is 9.80 Å². The number of urea groups is 1. The first-order valence-corrected chi connectivity index (χ1v) is 8.91. The highest BCUT2D eigenvalue weighted by atomic mass is 19.4. The van der Waals surface area contributed by atoms with E-state index >= 15 is 0 Å². The standard InChI is InChI=1S/C18H24F3N3O/c19-18(20,21)15-6-5-7-16(14-15)24-13-12-23(17(24)25)11-10-22-8-3-1-2-4-9-22/h5-7,14H,1-4,8-13H2. The van der Waals surface area contributed by atoms with Gasteiger partial charge in [-0.05, 0) is 44.1 Å². The van der Waals surface area contributed by atoms with Crippen LogP contribution in [0.25, 0.3) is 0 Å². The number of carbonyl (C=O) groups is 1. The van der Waals surface area contributed by atoms with Crippen LogP contribution in [-0.2, 0) is 6.18 Å². The van der Waals surface area contributed by atoms with E-state index in [9.17, 15) is 18.0 Å². The molecular formula is C18H24F3N3O. The van der Waals surface area contributed by atoms with E-state index in [-0.39, 0.29) is 6.03 Å². The summed E-state index contributed by atoms with van der Waals surface area (Å²) in [6.45, 7) is 4.60. The van der Waals surface area contributed by atoms with E-state index in [1.165, 1.54) is 36.6 Å². The van der Waals surface area contributed by atoms with Gasteiger partial charge in [0.05, 0.1) is 5.56 Å². The third-order valence-corrected chi connectivity index (χ3v) is 4.96. The van der Waals surface area contributed by atoms with Crippen molar-refractivity contribution < 1.29 is 18.0 Å². The molecule has 0 aromatic heterocycles. The highest BCUT2D eigenvalue weighted by molar-refractivity contribution is 5.94. The first kappa shape index (κ1) is 18.0. The number of carbonyl (C=O) groups excluding carboxylic acids is 1. The molecule has 0 atom stereocenters. The summed E-state index contributed by atoms with van der Waals surface area (Å²) >= 11 is 0. The summed E-state index contributed by atoms with van der Waals surface area (Å²) in [7, 11) is 0. The van der Waals surface area contributed by atoms with Crippen molar-refractivity contribution in [3.05, 3.63) is 29.8 Å². The summed E-state index contributed by atoms with van der Waals surface area (Å²) in [5.41, 5.74) is -0.405. The lowest BCUT2D eigenvalue weighted by Crippen LogP contribution is -2.38. The molecule has 1 aromatic carbocycles. The maximum atomic E-state index is 12.9. The number of nitrogens with zero attached hydrogens (tertiary/aromatic N) is 3. The zero-order chi connectivity index (χ0) is 17.9. The normalized spacial score (nSPS) is 20.2. The van der Waals surface area contributed by atoms with Gasteiger partial charge in [0.15, 0.2) is 0 Å². The van der Waals surface area contributed by atoms with Crippen LogP contribution < -0.4 is 4.90 Å². The topological polar surface area (TPSA) is 26.8 Å². The number of anilines is 1. The first-order valence-electron chi connectivity index (χ1n) is 8.91. The van der Waals surface area contributed by atoms with Gasteiger partial charge in [-0.25, -0.2) is 4.79 Å². The van der Waals surface area contributed by atoms with E-state index in [4.69, 9.17) is 0 Å². The summed E-state index contributed by atoms with van der Waals surface area (Å²) in [6, 6.07) is 4.79. The van der Waals surface area contributed by atoms with E-state index < -0.39 is 11.7 Å². The van der Waals surface area contributed by atoms with Crippen LogP contribution in [0.5, 0.6) is 0 Å². The van der Waals surface area contributed by atoms with Crippen molar-refractivity contribution in [3.63, 3.8) is 0 Å². The smallest absolute Gasteiger partial charge is 0.321 e. The van der Waals surface area contributed by atoms with Crippen LogP contribution in [-0.4, -0.2) is 55.1 Å². The molecule has 2 amide bonds. The molecule has 2 fully saturated rings. The van der Waals surface area contributed by atoms with Gasteiger partial charge < -0.3 is 9.80 Å². The predicted octanol–water partition coefficient (Wildman–Crippen LogP) is 3.82. The fourth-order valence-electron chi connectivity index (χ4n) is 3.50. The third kappa shape index (κ3) is 4.45. The largest absolute Gasteiger partial charge is 0.416 e. The molecule has 0 bridgehead atoms. The number of hydrogen-bond donors (Lipinski definition) is 0. The Morgan fingerprint density at radius 2 is 1.64 bits per heavy atom.